The van der Waals surface area contributed by atoms with Crippen molar-refractivity contribution < 1.29 is 17.9 Å². The number of rotatable bonds is 7. The van der Waals surface area contributed by atoms with Crippen LogP contribution in [0.3, 0.4) is 0 Å². The summed E-state index contributed by atoms with van der Waals surface area (Å²) in [6.07, 6.45) is 4.74. The SMILES string of the molecule is Cc1cnc(Nc2ccc3c(c2)OC(=O)C3)cc1NCc1cccnc1N(C)S(C)(=O)=O. The maximum atomic E-state index is 11.9. The van der Waals surface area contributed by atoms with E-state index in [9.17, 15) is 13.2 Å². The van der Waals surface area contributed by atoms with Crippen LogP contribution in [0.1, 0.15) is 16.7 Å². The molecule has 1 aliphatic heterocycles. The summed E-state index contributed by atoms with van der Waals surface area (Å²) in [7, 11) is -1.95. The fourth-order valence-corrected chi connectivity index (χ4v) is 3.80. The topological polar surface area (TPSA) is 114 Å². The van der Waals surface area contributed by atoms with Gasteiger partial charge in [-0.1, -0.05) is 12.1 Å². The first kappa shape index (κ1) is 21.6. The molecule has 1 aromatic carbocycles. The van der Waals surface area contributed by atoms with Crippen molar-refractivity contribution in [3.8, 4) is 5.75 Å². The van der Waals surface area contributed by atoms with Gasteiger partial charge in [0.2, 0.25) is 10.0 Å². The van der Waals surface area contributed by atoms with Crippen molar-refractivity contribution in [1.82, 2.24) is 9.97 Å². The highest BCUT2D eigenvalue weighted by Gasteiger charge is 2.20. The van der Waals surface area contributed by atoms with Gasteiger partial charge in [-0.25, -0.2) is 18.4 Å². The van der Waals surface area contributed by atoms with Gasteiger partial charge < -0.3 is 15.4 Å². The van der Waals surface area contributed by atoms with E-state index in [0.717, 1.165) is 38.6 Å². The molecule has 166 valence electrons. The van der Waals surface area contributed by atoms with Crippen LogP contribution < -0.4 is 19.7 Å². The van der Waals surface area contributed by atoms with Crippen molar-refractivity contribution in [3.63, 3.8) is 0 Å². The molecule has 0 fully saturated rings. The lowest BCUT2D eigenvalue weighted by Gasteiger charge is -2.19. The number of nitrogens with zero attached hydrogens (tertiary/aromatic N) is 3. The van der Waals surface area contributed by atoms with E-state index in [1.165, 1.54) is 7.05 Å². The molecule has 10 heteroatoms. The van der Waals surface area contributed by atoms with Gasteiger partial charge in [0.1, 0.15) is 17.4 Å². The lowest BCUT2D eigenvalue weighted by atomic mass is 10.1. The van der Waals surface area contributed by atoms with Crippen LogP contribution in [0.4, 0.5) is 23.0 Å². The van der Waals surface area contributed by atoms with E-state index in [2.05, 4.69) is 20.6 Å². The van der Waals surface area contributed by atoms with Crippen molar-refractivity contribution in [2.45, 2.75) is 19.9 Å². The number of nitrogens with one attached hydrogen (secondary N) is 2. The van der Waals surface area contributed by atoms with Crippen molar-refractivity contribution in [3.05, 3.63) is 65.5 Å². The quantitative estimate of drug-likeness (QED) is 0.415. The van der Waals surface area contributed by atoms with E-state index in [0.29, 0.717) is 23.9 Å². The van der Waals surface area contributed by atoms with Gasteiger partial charge in [-0.15, -0.1) is 0 Å². The van der Waals surface area contributed by atoms with E-state index in [4.69, 9.17) is 4.74 Å². The summed E-state index contributed by atoms with van der Waals surface area (Å²) >= 11 is 0. The van der Waals surface area contributed by atoms with Crippen molar-refractivity contribution in [2.75, 3.05) is 28.2 Å². The summed E-state index contributed by atoms with van der Waals surface area (Å²) in [5.74, 6) is 1.29. The minimum Gasteiger partial charge on any atom is -0.426 e. The van der Waals surface area contributed by atoms with Crippen LogP contribution in [0, 0.1) is 6.92 Å². The molecule has 0 saturated carbocycles. The summed E-state index contributed by atoms with van der Waals surface area (Å²) in [5, 5.41) is 6.56. The fourth-order valence-electron chi connectivity index (χ4n) is 3.32. The first-order valence-electron chi connectivity index (χ1n) is 9.89. The monoisotopic (exact) mass is 453 g/mol. The molecule has 0 bridgehead atoms. The summed E-state index contributed by atoms with van der Waals surface area (Å²) < 4.78 is 30.3. The van der Waals surface area contributed by atoms with Crippen molar-refractivity contribution in [1.29, 1.82) is 0 Å². The Morgan fingerprint density at radius 2 is 2.00 bits per heavy atom. The van der Waals surface area contributed by atoms with Crippen molar-refractivity contribution >= 4 is 39.0 Å². The van der Waals surface area contributed by atoms with Gasteiger partial charge in [0, 0.05) is 60.6 Å². The second-order valence-corrected chi connectivity index (χ2v) is 9.57. The summed E-state index contributed by atoms with van der Waals surface area (Å²) in [5.41, 5.74) is 4.13. The number of sulfonamides is 1. The molecular formula is C22H23N5O4S. The molecule has 2 aromatic heterocycles. The number of anilines is 4. The molecule has 3 heterocycles. The normalized spacial score (nSPS) is 12.8. The van der Waals surface area contributed by atoms with Gasteiger partial charge in [-0.05, 0) is 24.6 Å². The second-order valence-electron chi connectivity index (χ2n) is 7.55. The zero-order chi connectivity index (χ0) is 22.9. The Kier molecular flexibility index (Phi) is 5.70. The van der Waals surface area contributed by atoms with Crippen LogP contribution in [-0.4, -0.2) is 37.7 Å². The number of carbonyl (C=O) groups excluding carboxylic acids is 1. The number of ether oxygens (including phenoxy) is 1. The highest BCUT2D eigenvalue weighted by atomic mass is 32.2. The van der Waals surface area contributed by atoms with Crippen LogP contribution in [0.5, 0.6) is 5.75 Å². The standard InChI is InChI=1S/C22H23N5O4S/c1-14-12-25-20(26-17-7-6-15-9-21(28)31-19(15)10-17)11-18(14)24-13-16-5-4-8-23-22(16)27(2)32(3,29)30/h4-8,10-12H,9,13H2,1-3H3,(H2,24,25,26). The summed E-state index contributed by atoms with van der Waals surface area (Å²) in [6, 6.07) is 11.0. The van der Waals surface area contributed by atoms with Gasteiger partial charge in [0.05, 0.1) is 12.7 Å². The fraction of sp³-hybridized carbons (Fsp3) is 0.227. The van der Waals surface area contributed by atoms with E-state index < -0.39 is 10.0 Å². The number of hydrogen-bond acceptors (Lipinski definition) is 8. The summed E-state index contributed by atoms with van der Waals surface area (Å²) in [6.45, 7) is 2.31. The van der Waals surface area contributed by atoms with Crippen molar-refractivity contribution in [2.24, 2.45) is 0 Å². The average Bonchev–Trinajstić information content (AvgIpc) is 3.12. The van der Waals surface area contributed by atoms with Crippen LogP contribution in [0.15, 0.2) is 48.8 Å². The minimum atomic E-state index is -3.43. The van der Waals surface area contributed by atoms with Gasteiger partial charge >= 0.3 is 5.97 Å². The van der Waals surface area contributed by atoms with Gasteiger partial charge in [-0.2, -0.15) is 0 Å². The number of aryl methyl sites for hydroxylation is 1. The molecule has 0 atom stereocenters. The molecule has 9 nitrogen and oxygen atoms in total. The van der Waals surface area contributed by atoms with Crippen LogP contribution in [0.25, 0.3) is 0 Å². The van der Waals surface area contributed by atoms with Gasteiger partial charge in [0.25, 0.3) is 0 Å². The molecule has 3 aromatic rings. The Morgan fingerprint density at radius 1 is 1.19 bits per heavy atom. The van der Waals surface area contributed by atoms with E-state index >= 15 is 0 Å². The zero-order valence-corrected chi connectivity index (χ0v) is 18.7. The Morgan fingerprint density at radius 3 is 2.78 bits per heavy atom. The Bertz CT molecular complexity index is 1290. The number of carbonyl (C=O) groups is 1. The Hall–Kier alpha value is -3.66. The van der Waals surface area contributed by atoms with E-state index in [1.54, 1.807) is 24.5 Å². The number of fused-ring (bicyclic) bond motifs is 1. The van der Waals surface area contributed by atoms with Crippen LogP contribution in [0.2, 0.25) is 0 Å². The second kappa shape index (κ2) is 8.46. The minimum absolute atomic E-state index is 0.256. The van der Waals surface area contributed by atoms with Gasteiger partial charge in [0.15, 0.2) is 0 Å². The van der Waals surface area contributed by atoms with E-state index in [1.807, 2.05) is 31.2 Å². The first-order chi connectivity index (χ1) is 15.2. The third kappa shape index (κ3) is 4.65. The third-order valence-electron chi connectivity index (χ3n) is 5.13. The first-order valence-corrected chi connectivity index (χ1v) is 11.7. The maximum absolute atomic E-state index is 11.9. The highest BCUT2D eigenvalue weighted by molar-refractivity contribution is 7.92. The number of hydrogen-bond donors (Lipinski definition) is 2. The molecule has 0 aliphatic carbocycles. The summed E-state index contributed by atoms with van der Waals surface area (Å²) in [4.78, 5) is 20.1. The molecule has 0 radical (unpaired) electrons. The smallest absolute Gasteiger partial charge is 0.315 e. The zero-order valence-electron chi connectivity index (χ0n) is 17.9. The molecule has 0 saturated heterocycles. The molecule has 0 amide bonds. The lowest BCUT2D eigenvalue weighted by molar-refractivity contribution is -0.131. The predicted molar refractivity (Wildman–Crippen MR) is 123 cm³/mol. The third-order valence-corrected chi connectivity index (χ3v) is 6.30. The Balaban J connectivity index is 1.51. The molecule has 4 rings (SSSR count). The number of aromatic nitrogens is 2. The van der Waals surface area contributed by atoms with E-state index in [-0.39, 0.29) is 12.4 Å². The molecule has 32 heavy (non-hydrogen) atoms. The molecule has 2 N–H and O–H groups in total. The molecule has 0 spiro atoms. The molecular weight excluding hydrogens is 430 g/mol. The predicted octanol–water partition coefficient (Wildman–Crippen LogP) is 3.00. The highest BCUT2D eigenvalue weighted by Crippen LogP contribution is 2.31. The lowest BCUT2D eigenvalue weighted by Crippen LogP contribution is -2.27. The molecule has 1 aliphatic rings. The number of pyridine rings is 2. The average molecular weight is 454 g/mol. The Labute approximate surface area is 186 Å². The number of benzene rings is 1. The van der Waals surface area contributed by atoms with Crippen LogP contribution in [-0.2, 0) is 27.8 Å². The molecule has 0 unspecified atom stereocenters. The van der Waals surface area contributed by atoms with Crippen LogP contribution >= 0.6 is 0 Å². The largest absolute Gasteiger partial charge is 0.426 e. The van der Waals surface area contributed by atoms with Gasteiger partial charge in [-0.3, -0.25) is 9.10 Å². The number of esters is 1. The maximum Gasteiger partial charge on any atom is 0.315 e.